The van der Waals surface area contributed by atoms with Crippen molar-refractivity contribution in [1.82, 2.24) is 14.5 Å². The minimum Gasteiger partial charge on any atom is -0.350 e. The van der Waals surface area contributed by atoms with Crippen LogP contribution in [-0.2, 0) is 7.05 Å². The van der Waals surface area contributed by atoms with Gasteiger partial charge in [0.2, 0.25) is 0 Å². The van der Waals surface area contributed by atoms with Gasteiger partial charge < -0.3 is 9.88 Å². The maximum atomic E-state index is 8.67. The van der Waals surface area contributed by atoms with Gasteiger partial charge in [0.15, 0.2) is 5.69 Å². The van der Waals surface area contributed by atoms with Gasteiger partial charge in [-0.2, -0.15) is 5.26 Å². The highest BCUT2D eigenvalue weighted by Gasteiger charge is 2.01. The second-order valence-corrected chi connectivity index (χ2v) is 4.22. The average molecular weight is 249 g/mol. The standard InChI is InChI=1S/C14H11N5/c1-19-5-4-10-2-3-11(6-13(10)19)18-14-9-16-12(7-15)8-17-14/h2-6,8-9H,1H3,(H,17,18). The topological polar surface area (TPSA) is 66.5 Å². The Labute approximate surface area is 110 Å². The van der Waals surface area contributed by atoms with Gasteiger partial charge in [0.25, 0.3) is 0 Å². The van der Waals surface area contributed by atoms with Crippen molar-refractivity contribution in [3.8, 4) is 6.07 Å². The number of aromatic nitrogens is 3. The number of hydrogen-bond donors (Lipinski definition) is 1. The maximum absolute atomic E-state index is 8.67. The summed E-state index contributed by atoms with van der Waals surface area (Å²) >= 11 is 0. The largest absolute Gasteiger partial charge is 0.350 e. The SMILES string of the molecule is Cn1ccc2ccc(Nc3cnc(C#N)cn3)cc21. The van der Waals surface area contributed by atoms with Crippen LogP contribution in [0.15, 0.2) is 42.9 Å². The zero-order chi connectivity index (χ0) is 13.2. The van der Waals surface area contributed by atoms with E-state index in [4.69, 9.17) is 5.26 Å². The molecule has 0 aliphatic carbocycles. The first-order chi connectivity index (χ1) is 9.26. The smallest absolute Gasteiger partial charge is 0.158 e. The fraction of sp³-hybridized carbons (Fsp3) is 0.0714. The normalized spacial score (nSPS) is 10.3. The van der Waals surface area contributed by atoms with Crippen LogP contribution in [0, 0.1) is 11.3 Å². The van der Waals surface area contributed by atoms with Crippen molar-refractivity contribution in [1.29, 1.82) is 5.26 Å². The Morgan fingerprint density at radius 1 is 1.21 bits per heavy atom. The summed E-state index contributed by atoms with van der Waals surface area (Å²) in [6.45, 7) is 0. The molecule has 0 aliphatic rings. The van der Waals surface area contributed by atoms with Gasteiger partial charge in [-0.3, -0.25) is 0 Å². The first-order valence-electron chi connectivity index (χ1n) is 5.80. The van der Waals surface area contributed by atoms with Crippen LogP contribution in [0.3, 0.4) is 0 Å². The van der Waals surface area contributed by atoms with Gasteiger partial charge in [-0.25, -0.2) is 9.97 Å². The number of rotatable bonds is 2. The molecule has 1 aromatic carbocycles. The van der Waals surface area contributed by atoms with Crippen molar-refractivity contribution >= 4 is 22.4 Å². The van der Waals surface area contributed by atoms with Crippen LogP contribution in [-0.4, -0.2) is 14.5 Å². The summed E-state index contributed by atoms with van der Waals surface area (Å²) in [4.78, 5) is 8.10. The Morgan fingerprint density at radius 2 is 2.11 bits per heavy atom. The Bertz CT molecular complexity index is 765. The van der Waals surface area contributed by atoms with Crippen molar-refractivity contribution in [3.63, 3.8) is 0 Å². The Morgan fingerprint density at radius 3 is 2.84 bits per heavy atom. The summed E-state index contributed by atoms with van der Waals surface area (Å²) in [5.41, 5.74) is 2.39. The molecule has 0 bridgehead atoms. The quantitative estimate of drug-likeness (QED) is 0.758. The highest BCUT2D eigenvalue weighted by Crippen LogP contribution is 2.21. The predicted molar refractivity (Wildman–Crippen MR) is 72.9 cm³/mol. The molecule has 2 heterocycles. The number of fused-ring (bicyclic) bond motifs is 1. The number of aryl methyl sites for hydroxylation is 1. The fourth-order valence-corrected chi connectivity index (χ4v) is 1.94. The van der Waals surface area contributed by atoms with E-state index in [1.807, 2.05) is 25.4 Å². The maximum Gasteiger partial charge on any atom is 0.158 e. The molecule has 0 radical (unpaired) electrons. The predicted octanol–water partition coefficient (Wildman–Crippen LogP) is 2.58. The van der Waals surface area contributed by atoms with Gasteiger partial charge in [0.1, 0.15) is 11.9 Å². The highest BCUT2D eigenvalue weighted by atomic mass is 15.0. The summed E-state index contributed by atoms with van der Waals surface area (Å²) in [6, 6.07) is 10.1. The molecule has 0 fully saturated rings. The van der Waals surface area contributed by atoms with Gasteiger partial charge in [-0.15, -0.1) is 0 Å². The number of nitriles is 1. The number of anilines is 2. The minimum atomic E-state index is 0.309. The van der Waals surface area contributed by atoms with E-state index in [2.05, 4.69) is 38.1 Å². The molecule has 0 aliphatic heterocycles. The van der Waals surface area contributed by atoms with Gasteiger partial charge in [-0.05, 0) is 23.6 Å². The van der Waals surface area contributed by atoms with Gasteiger partial charge in [-0.1, -0.05) is 6.07 Å². The second kappa shape index (κ2) is 4.42. The molecule has 0 spiro atoms. The number of nitrogens with one attached hydrogen (secondary N) is 1. The lowest BCUT2D eigenvalue weighted by Gasteiger charge is -2.06. The molecule has 2 aromatic heterocycles. The van der Waals surface area contributed by atoms with E-state index in [9.17, 15) is 0 Å². The van der Waals surface area contributed by atoms with Crippen molar-refractivity contribution in [2.45, 2.75) is 0 Å². The zero-order valence-corrected chi connectivity index (χ0v) is 10.3. The number of benzene rings is 1. The van der Waals surface area contributed by atoms with Crippen LogP contribution in [0.25, 0.3) is 10.9 Å². The van der Waals surface area contributed by atoms with Crippen LogP contribution in [0.5, 0.6) is 0 Å². The van der Waals surface area contributed by atoms with Gasteiger partial charge >= 0.3 is 0 Å². The molecular formula is C14H11N5. The molecule has 0 unspecified atom stereocenters. The van der Waals surface area contributed by atoms with Crippen molar-refractivity contribution < 1.29 is 0 Å². The van der Waals surface area contributed by atoms with E-state index in [0.29, 0.717) is 11.5 Å². The Kier molecular flexibility index (Phi) is 2.62. The van der Waals surface area contributed by atoms with Gasteiger partial charge in [0.05, 0.1) is 12.4 Å². The summed E-state index contributed by atoms with van der Waals surface area (Å²) in [5, 5.41) is 13.0. The lowest BCUT2D eigenvalue weighted by atomic mass is 10.2. The molecule has 0 amide bonds. The van der Waals surface area contributed by atoms with Crippen LogP contribution >= 0.6 is 0 Å². The van der Waals surface area contributed by atoms with Gasteiger partial charge in [0, 0.05) is 24.4 Å². The molecule has 0 atom stereocenters. The minimum absolute atomic E-state index is 0.309. The van der Waals surface area contributed by atoms with E-state index in [1.165, 1.54) is 11.6 Å². The fourth-order valence-electron chi connectivity index (χ4n) is 1.94. The summed E-state index contributed by atoms with van der Waals surface area (Å²) in [5.74, 6) is 0.618. The number of nitrogens with zero attached hydrogens (tertiary/aromatic N) is 4. The molecule has 1 N–H and O–H groups in total. The van der Waals surface area contributed by atoms with Crippen LogP contribution in [0.2, 0.25) is 0 Å². The number of hydrogen-bond acceptors (Lipinski definition) is 4. The monoisotopic (exact) mass is 249 g/mol. The molecule has 3 rings (SSSR count). The first kappa shape index (κ1) is 11.2. The van der Waals surface area contributed by atoms with E-state index in [-0.39, 0.29) is 0 Å². The molecule has 92 valence electrons. The third-order valence-corrected chi connectivity index (χ3v) is 2.93. The summed E-state index contributed by atoms with van der Waals surface area (Å²) < 4.78 is 2.06. The highest BCUT2D eigenvalue weighted by molar-refractivity contribution is 5.84. The Hall–Kier alpha value is -2.87. The lowest BCUT2D eigenvalue weighted by Crippen LogP contribution is -1.96. The molecule has 3 aromatic rings. The van der Waals surface area contributed by atoms with Crippen molar-refractivity contribution in [3.05, 3.63) is 48.5 Å². The third-order valence-electron chi connectivity index (χ3n) is 2.93. The molecule has 0 saturated heterocycles. The lowest BCUT2D eigenvalue weighted by molar-refractivity contribution is 0.969. The molecule has 5 nitrogen and oxygen atoms in total. The van der Waals surface area contributed by atoms with Crippen LogP contribution < -0.4 is 5.32 Å². The summed E-state index contributed by atoms with van der Waals surface area (Å²) in [6.07, 6.45) is 5.02. The summed E-state index contributed by atoms with van der Waals surface area (Å²) in [7, 11) is 2.01. The van der Waals surface area contributed by atoms with E-state index < -0.39 is 0 Å². The van der Waals surface area contributed by atoms with E-state index in [1.54, 1.807) is 6.20 Å². The first-order valence-corrected chi connectivity index (χ1v) is 5.80. The molecular weight excluding hydrogens is 238 g/mol. The van der Waals surface area contributed by atoms with Crippen LogP contribution in [0.1, 0.15) is 5.69 Å². The zero-order valence-electron chi connectivity index (χ0n) is 10.3. The van der Waals surface area contributed by atoms with Crippen molar-refractivity contribution in [2.75, 3.05) is 5.32 Å². The van der Waals surface area contributed by atoms with E-state index >= 15 is 0 Å². The van der Waals surface area contributed by atoms with Crippen LogP contribution in [0.4, 0.5) is 11.5 Å². The van der Waals surface area contributed by atoms with E-state index in [0.717, 1.165) is 11.2 Å². The van der Waals surface area contributed by atoms with Crippen molar-refractivity contribution in [2.24, 2.45) is 7.05 Å². The molecule has 5 heteroatoms. The third kappa shape index (κ3) is 2.11. The second-order valence-electron chi connectivity index (χ2n) is 4.22. The molecule has 0 saturated carbocycles. The average Bonchev–Trinajstić information content (AvgIpc) is 2.81. The molecule has 19 heavy (non-hydrogen) atoms. The Balaban J connectivity index is 1.91.